The first-order valence-electron chi connectivity index (χ1n) is 6.96. The Morgan fingerprint density at radius 3 is 2.36 bits per heavy atom. The van der Waals surface area contributed by atoms with E-state index in [-0.39, 0.29) is 0 Å². The Kier molecular flexibility index (Phi) is 3.13. The first-order valence-corrected chi connectivity index (χ1v) is 7.34. The molecule has 0 unspecified atom stereocenters. The number of aromatic nitrogens is 3. The number of hydrogen-bond donors (Lipinski definition) is 0. The van der Waals surface area contributed by atoms with Crippen molar-refractivity contribution in [1.82, 2.24) is 14.6 Å². The lowest BCUT2D eigenvalue weighted by Crippen LogP contribution is -1.92. The molecule has 0 aliphatic heterocycles. The third-order valence-electron chi connectivity index (χ3n) is 3.63. The average Bonchev–Trinajstić information content (AvgIpc) is 2.99. The molecule has 4 heteroatoms. The Labute approximate surface area is 132 Å². The van der Waals surface area contributed by atoms with E-state index in [0.29, 0.717) is 5.02 Å². The van der Waals surface area contributed by atoms with Crippen LogP contribution in [0, 0.1) is 0 Å². The molecule has 0 saturated heterocycles. The van der Waals surface area contributed by atoms with Crippen LogP contribution in [0.1, 0.15) is 0 Å². The van der Waals surface area contributed by atoms with E-state index >= 15 is 0 Å². The highest BCUT2D eigenvalue weighted by Crippen LogP contribution is 2.30. The topological polar surface area (TPSA) is 30.2 Å². The molecule has 2 aromatic carbocycles. The first kappa shape index (κ1) is 13.0. The summed E-state index contributed by atoms with van der Waals surface area (Å²) in [6, 6.07) is 17.9. The van der Waals surface area contributed by atoms with Crippen LogP contribution >= 0.6 is 11.6 Å². The highest BCUT2D eigenvalue weighted by atomic mass is 35.5. The molecule has 0 amide bonds. The number of hydrogen-bond acceptors (Lipinski definition) is 2. The smallest absolute Gasteiger partial charge is 0.162 e. The summed E-state index contributed by atoms with van der Waals surface area (Å²) in [4.78, 5) is 4.58. The standard InChI is InChI=1S/C18H12ClN3/c19-17-9-5-4-8-15(17)16-11-21-22-12-14(10-20-18(16)22)13-6-2-1-3-7-13/h1-12H. The summed E-state index contributed by atoms with van der Waals surface area (Å²) in [5.41, 5.74) is 4.82. The second-order valence-corrected chi connectivity index (χ2v) is 5.42. The van der Waals surface area contributed by atoms with Gasteiger partial charge in [-0.25, -0.2) is 9.50 Å². The Hall–Kier alpha value is -2.65. The van der Waals surface area contributed by atoms with E-state index in [1.165, 1.54) is 0 Å². The van der Waals surface area contributed by atoms with Crippen LogP contribution in [0.4, 0.5) is 0 Å². The first-order chi connectivity index (χ1) is 10.8. The molecule has 2 heterocycles. The van der Waals surface area contributed by atoms with E-state index in [9.17, 15) is 0 Å². The zero-order valence-electron chi connectivity index (χ0n) is 11.6. The van der Waals surface area contributed by atoms with Crippen LogP contribution < -0.4 is 0 Å². The molecule has 0 N–H and O–H groups in total. The molecular weight excluding hydrogens is 294 g/mol. The van der Waals surface area contributed by atoms with Crippen molar-refractivity contribution in [2.45, 2.75) is 0 Å². The highest BCUT2D eigenvalue weighted by molar-refractivity contribution is 6.33. The Morgan fingerprint density at radius 2 is 1.55 bits per heavy atom. The summed E-state index contributed by atoms with van der Waals surface area (Å²) >= 11 is 6.28. The Bertz CT molecular complexity index is 945. The predicted molar refractivity (Wildman–Crippen MR) is 88.9 cm³/mol. The minimum atomic E-state index is 0.700. The van der Waals surface area contributed by atoms with Gasteiger partial charge in [0.25, 0.3) is 0 Å². The maximum atomic E-state index is 6.28. The van der Waals surface area contributed by atoms with Crippen molar-refractivity contribution < 1.29 is 0 Å². The number of rotatable bonds is 2. The molecular formula is C18H12ClN3. The van der Waals surface area contributed by atoms with E-state index in [1.54, 1.807) is 10.7 Å². The highest BCUT2D eigenvalue weighted by Gasteiger charge is 2.11. The van der Waals surface area contributed by atoms with Gasteiger partial charge < -0.3 is 0 Å². The number of halogens is 1. The molecule has 22 heavy (non-hydrogen) atoms. The monoisotopic (exact) mass is 305 g/mol. The zero-order valence-corrected chi connectivity index (χ0v) is 12.4. The van der Waals surface area contributed by atoms with Gasteiger partial charge in [-0.05, 0) is 11.6 Å². The second-order valence-electron chi connectivity index (χ2n) is 5.01. The summed E-state index contributed by atoms with van der Waals surface area (Å²) in [5, 5.41) is 5.12. The maximum Gasteiger partial charge on any atom is 0.162 e. The van der Waals surface area contributed by atoms with Crippen molar-refractivity contribution in [3.63, 3.8) is 0 Å². The van der Waals surface area contributed by atoms with Crippen LogP contribution in [0.15, 0.2) is 73.2 Å². The van der Waals surface area contributed by atoms with Gasteiger partial charge in [-0.1, -0.05) is 60.1 Å². The molecule has 0 atom stereocenters. The van der Waals surface area contributed by atoms with Crippen molar-refractivity contribution in [2.75, 3.05) is 0 Å². The largest absolute Gasteiger partial charge is 0.236 e. The summed E-state index contributed by atoms with van der Waals surface area (Å²) in [5.74, 6) is 0. The molecule has 0 radical (unpaired) electrons. The second kappa shape index (κ2) is 5.28. The van der Waals surface area contributed by atoms with Gasteiger partial charge in [0, 0.05) is 34.1 Å². The summed E-state index contributed by atoms with van der Waals surface area (Å²) in [6.07, 6.45) is 5.66. The van der Waals surface area contributed by atoms with Crippen LogP contribution in [0.25, 0.3) is 27.9 Å². The van der Waals surface area contributed by atoms with Crippen LogP contribution in [-0.2, 0) is 0 Å². The van der Waals surface area contributed by atoms with E-state index in [0.717, 1.165) is 27.9 Å². The lowest BCUT2D eigenvalue weighted by Gasteiger charge is -2.04. The van der Waals surface area contributed by atoms with Gasteiger partial charge in [0.15, 0.2) is 5.65 Å². The Balaban J connectivity index is 1.87. The molecule has 0 bridgehead atoms. The van der Waals surface area contributed by atoms with Gasteiger partial charge in [-0.3, -0.25) is 0 Å². The van der Waals surface area contributed by atoms with Crippen molar-refractivity contribution in [3.8, 4) is 22.3 Å². The van der Waals surface area contributed by atoms with E-state index in [1.807, 2.05) is 54.9 Å². The molecule has 0 saturated carbocycles. The Morgan fingerprint density at radius 1 is 0.773 bits per heavy atom. The zero-order chi connectivity index (χ0) is 14.9. The molecule has 2 aromatic heterocycles. The summed E-state index contributed by atoms with van der Waals surface area (Å²) < 4.78 is 1.79. The van der Waals surface area contributed by atoms with Gasteiger partial charge >= 0.3 is 0 Å². The van der Waals surface area contributed by atoms with E-state index in [2.05, 4.69) is 22.2 Å². The van der Waals surface area contributed by atoms with Crippen molar-refractivity contribution >= 4 is 17.2 Å². The van der Waals surface area contributed by atoms with Gasteiger partial charge in [0.1, 0.15) is 0 Å². The lowest BCUT2D eigenvalue weighted by molar-refractivity contribution is 0.941. The minimum absolute atomic E-state index is 0.700. The fourth-order valence-corrected chi connectivity index (χ4v) is 2.76. The molecule has 4 aromatic rings. The van der Waals surface area contributed by atoms with Crippen LogP contribution in [0.2, 0.25) is 5.02 Å². The minimum Gasteiger partial charge on any atom is -0.236 e. The van der Waals surface area contributed by atoms with Gasteiger partial charge in [0.2, 0.25) is 0 Å². The number of benzene rings is 2. The third kappa shape index (κ3) is 2.16. The van der Waals surface area contributed by atoms with Gasteiger partial charge in [-0.15, -0.1) is 0 Å². The van der Waals surface area contributed by atoms with Gasteiger partial charge in [-0.2, -0.15) is 5.10 Å². The molecule has 106 valence electrons. The fraction of sp³-hybridized carbons (Fsp3) is 0. The average molecular weight is 306 g/mol. The molecule has 0 fully saturated rings. The molecule has 0 aliphatic carbocycles. The van der Waals surface area contributed by atoms with Crippen LogP contribution in [0.5, 0.6) is 0 Å². The van der Waals surface area contributed by atoms with E-state index in [4.69, 9.17) is 11.6 Å². The third-order valence-corrected chi connectivity index (χ3v) is 3.96. The molecule has 0 spiro atoms. The summed E-state index contributed by atoms with van der Waals surface area (Å²) in [6.45, 7) is 0. The van der Waals surface area contributed by atoms with Gasteiger partial charge in [0.05, 0.1) is 6.20 Å². The lowest BCUT2D eigenvalue weighted by atomic mass is 10.1. The predicted octanol–water partition coefficient (Wildman–Crippen LogP) is 4.72. The number of nitrogens with zero attached hydrogens (tertiary/aromatic N) is 3. The van der Waals surface area contributed by atoms with E-state index < -0.39 is 0 Å². The van der Waals surface area contributed by atoms with Crippen LogP contribution in [0.3, 0.4) is 0 Å². The van der Waals surface area contributed by atoms with Crippen molar-refractivity contribution in [1.29, 1.82) is 0 Å². The normalized spacial score (nSPS) is 11.0. The molecule has 3 nitrogen and oxygen atoms in total. The molecule has 4 rings (SSSR count). The number of fused-ring (bicyclic) bond motifs is 1. The fourth-order valence-electron chi connectivity index (χ4n) is 2.52. The molecule has 0 aliphatic rings. The quantitative estimate of drug-likeness (QED) is 0.536. The SMILES string of the molecule is Clc1ccccc1-c1cnn2cc(-c3ccccc3)cnc12. The summed E-state index contributed by atoms with van der Waals surface area (Å²) in [7, 11) is 0. The van der Waals surface area contributed by atoms with Crippen LogP contribution in [-0.4, -0.2) is 14.6 Å². The maximum absolute atomic E-state index is 6.28. The van der Waals surface area contributed by atoms with Crippen molar-refractivity contribution in [3.05, 3.63) is 78.2 Å². The van der Waals surface area contributed by atoms with Crippen molar-refractivity contribution in [2.24, 2.45) is 0 Å².